The molecule has 2 rings (SSSR count). The van der Waals surface area contributed by atoms with Crippen molar-refractivity contribution in [2.75, 3.05) is 6.54 Å². The molecule has 1 amide bonds. The Morgan fingerprint density at radius 1 is 1.79 bits per heavy atom. The van der Waals surface area contributed by atoms with Gasteiger partial charge in [0.1, 0.15) is 0 Å². The van der Waals surface area contributed by atoms with Crippen molar-refractivity contribution in [2.45, 2.75) is 25.4 Å². The SMILES string of the molecule is CC1C(N)CCN1C(=O)c1csnn1. The summed E-state index contributed by atoms with van der Waals surface area (Å²) in [6, 6.07) is 0.190. The highest BCUT2D eigenvalue weighted by atomic mass is 32.1. The van der Waals surface area contributed by atoms with Gasteiger partial charge in [-0.1, -0.05) is 4.49 Å². The molecule has 1 aliphatic rings. The van der Waals surface area contributed by atoms with Crippen LogP contribution in [0.3, 0.4) is 0 Å². The predicted molar refractivity (Wildman–Crippen MR) is 53.0 cm³/mol. The number of nitrogens with zero attached hydrogens (tertiary/aromatic N) is 3. The van der Waals surface area contributed by atoms with Crippen molar-refractivity contribution in [1.82, 2.24) is 14.5 Å². The number of nitrogens with two attached hydrogens (primary N) is 1. The number of rotatable bonds is 1. The van der Waals surface area contributed by atoms with Crippen molar-refractivity contribution in [1.29, 1.82) is 0 Å². The third-order valence-corrected chi connectivity index (χ3v) is 3.16. The number of amides is 1. The van der Waals surface area contributed by atoms with Crippen LogP contribution in [0.25, 0.3) is 0 Å². The molecule has 1 aromatic rings. The van der Waals surface area contributed by atoms with Crippen molar-refractivity contribution in [3.8, 4) is 0 Å². The van der Waals surface area contributed by atoms with Crippen LogP contribution in [-0.2, 0) is 0 Å². The van der Waals surface area contributed by atoms with Gasteiger partial charge in [-0.05, 0) is 24.9 Å². The van der Waals surface area contributed by atoms with Gasteiger partial charge in [-0.2, -0.15) is 0 Å². The van der Waals surface area contributed by atoms with Crippen LogP contribution in [0.2, 0.25) is 0 Å². The first kappa shape index (κ1) is 9.54. The summed E-state index contributed by atoms with van der Waals surface area (Å²) in [6.45, 7) is 2.69. The van der Waals surface area contributed by atoms with E-state index in [0.29, 0.717) is 5.69 Å². The quantitative estimate of drug-likeness (QED) is 0.716. The second-order valence-electron chi connectivity index (χ2n) is 3.48. The summed E-state index contributed by atoms with van der Waals surface area (Å²) in [5, 5.41) is 5.42. The minimum Gasteiger partial charge on any atom is -0.333 e. The number of hydrogen-bond acceptors (Lipinski definition) is 5. The molecule has 0 spiro atoms. The highest BCUT2D eigenvalue weighted by molar-refractivity contribution is 7.03. The molecule has 2 heterocycles. The van der Waals surface area contributed by atoms with Gasteiger partial charge in [0.25, 0.3) is 5.91 Å². The summed E-state index contributed by atoms with van der Waals surface area (Å²) in [5.74, 6) is -0.0563. The van der Waals surface area contributed by atoms with Gasteiger partial charge < -0.3 is 10.6 Å². The molecule has 14 heavy (non-hydrogen) atoms. The molecule has 1 saturated heterocycles. The minimum absolute atomic E-state index is 0.0563. The first-order chi connectivity index (χ1) is 6.70. The highest BCUT2D eigenvalue weighted by Gasteiger charge is 2.32. The van der Waals surface area contributed by atoms with E-state index in [1.165, 1.54) is 11.5 Å². The molecule has 1 aliphatic heterocycles. The maximum absolute atomic E-state index is 11.8. The first-order valence-electron chi connectivity index (χ1n) is 4.53. The second kappa shape index (κ2) is 3.62. The zero-order valence-corrected chi connectivity index (χ0v) is 8.70. The van der Waals surface area contributed by atoms with Crippen molar-refractivity contribution in [3.05, 3.63) is 11.1 Å². The van der Waals surface area contributed by atoms with Crippen LogP contribution in [0.5, 0.6) is 0 Å². The van der Waals surface area contributed by atoms with Crippen LogP contribution in [0.15, 0.2) is 5.38 Å². The van der Waals surface area contributed by atoms with E-state index in [2.05, 4.69) is 9.59 Å². The smallest absolute Gasteiger partial charge is 0.275 e. The van der Waals surface area contributed by atoms with E-state index >= 15 is 0 Å². The Kier molecular flexibility index (Phi) is 2.47. The van der Waals surface area contributed by atoms with Crippen LogP contribution < -0.4 is 5.73 Å². The van der Waals surface area contributed by atoms with E-state index in [1.54, 1.807) is 10.3 Å². The Morgan fingerprint density at radius 2 is 2.57 bits per heavy atom. The van der Waals surface area contributed by atoms with Gasteiger partial charge in [-0.15, -0.1) is 5.10 Å². The molecule has 5 nitrogen and oxygen atoms in total. The van der Waals surface area contributed by atoms with Gasteiger partial charge in [-0.3, -0.25) is 4.79 Å². The summed E-state index contributed by atoms with van der Waals surface area (Å²) in [5.41, 5.74) is 6.26. The fourth-order valence-corrected chi connectivity index (χ4v) is 2.09. The molecular formula is C8H12N4OS. The third-order valence-electron chi connectivity index (χ3n) is 2.65. The van der Waals surface area contributed by atoms with Crippen LogP contribution in [0, 0.1) is 0 Å². The van der Waals surface area contributed by atoms with Crippen LogP contribution >= 0.6 is 11.5 Å². The fourth-order valence-electron chi connectivity index (χ4n) is 1.66. The molecular weight excluding hydrogens is 200 g/mol. The van der Waals surface area contributed by atoms with Gasteiger partial charge in [0, 0.05) is 24.0 Å². The summed E-state index contributed by atoms with van der Waals surface area (Å²) in [6.07, 6.45) is 0.866. The second-order valence-corrected chi connectivity index (χ2v) is 4.09. The van der Waals surface area contributed by atoms with Gasteiger partial charge in [0.2, 0.25) is 0 Å². The maximum Gasteiger partial charge on any atom is 0.275 e. The Balaban J connectivity index is 2.13. The molecule has 6 heteroatoms. The van der Waals surface area contributed by atoms with E-state index < -0.39 is 0 Å². The molecule has 0 radical (unpaired) electrons. The van der Waals surface area contributed by atoms with Gasteiger partial charge in [0.05, 0.1) is 0 Å². The minimum atomic E-state index is -0.0563. The van der Waals surface area contributed by atoms with Gasteiger partial charge >= 0.3 is 0 Å². The Hall–Kier alpha value is -1.01. The number of carbonyl (C=O) groups is 1. The molecule has 0 bridgehead atoms. The van der Waals surface area contributed by atoms with E-state index in [9.17, 15) is 4.79 Å². The molecule has 1 fully saturated rings. The monoisotopic (exact) mass is 212 g/mol. The lowest BCUT2D eigenvalue weighted by molar-refractivity contribution is 0.0736. The van der Waals surface area contributed by atoms with Crippen molar-refractivity contribution in [2.24, 2.45) is 5.73 Å². The van der Waals surface area contributed by atoms with E-state index in [4.69, 9.17) is 5.73 Å². The Morgan fingerprint density at radius 3 is 3.07 bits per heavy atom. The number of likely N-dealkylation sites (tertiary alicyclic amines) is 1. The van der Waals surface area contributed by atoms with Crippen molar-refractivity contribution in [3.63, 3.8) is 0 Å². The van der Waals surface area contributed by atoms with Gasteiger partial charge in [0.15, 0.2) is 5.69 Å². The predicted octanol–water partition coefficient (Wildman–Crippen LogP) is 0.0998. The Labute approximate surface area is 86.1 Å². The largest absolute Gasteiger partial charge is 0.333 e. The lowest BCUT2D eigenvalue weighted by atomic mass is 10.2. The Bertz CT molecular complexity index is 326. The zero-order chi connectivity index (χ0) is 10.1. The molecule has 2 N–H and O–H groups in total. The zero-order valence-electron chi connectivity index (χ0n) is 7.88. The summed E-state index contributed by atoms with van der Waals surface area (Å²) < 4.78 is 3.67. The van der Waals surface area contributed by atoms with Gasteiger partial charge in [-0.25, -0.2) is 0 Å². The first-order valence-corrected chi connectivity index (χ1v) is 5.37. The van der Waals surface area contributed by atoms with Crippen LogP contribution in [0.4, 0.5) is 0 Å². The number of aromatic nitrogens is 2. The van der Waals surface area contributed by atoms with Crippen LogP contribution in [0.1, 0.15) is 23.8 Å². The molecule has 0 saturated carbocycles. The highest BCUT2D eigenvalue weighted by Crippen LogP contribution is 2.18. The maximum atomic E-state index is 11.8. The average Bonchev–Trinajstić information content (AvgIpc) is 2.77. The summed E-state index contributed by atoms with van der Waals surface area (Å²) in [7, 11) is 0. The lowest BCUT2D eigenvalue weighted by Crippen LogP contribution is -2.40. The summed E-state index contributed by atoms with van der Waals surface area (Å²) >= 11 is 1.19. The van der Waals surface area contributed by atoms with Crippen LogP contribution in [-0.4, -0.2) is 39.0 Å². The van der Waals surface area contributed by atoms with E-state index in [0.717, 1.165) is 13.0 Å². The molecule has 0 aliphatic carbocycles. The number of carbonyl (C=O) groups excluding carboxylic acids is 1. The van der Waals surface area contributed by atoms with E-state index in [1.807, 2.05) is 6.92 Å². The normalized spacial score (nSPS) is 26.9. The van der Waals surface area contributed by atoms with E-state index in [-0.39, 0.29) is 18.0 Å². The number of hydrogen-bond donors (Lipinski definition) is 1. The molecule has 1 aromatic heterocycles. The molecule has 2 unspecified atom stereocenters. The third kappa shape index (κ3) is 1.51. The molecule has 0 aromatic carbocycles. The van der Waals surface area contributed by atoms with Crippen molar-refractivity contribution >= 4 is 17.4 Å². The molecule has 2 atom stereocenters. The van der Waals surface area contributed by atoms with Crippen molar-refractivity contribution < 1.29 is 4.79 Å². The lowest BCUT2D eigenvalue weighted by Gasteiger charge is -2.21. The fraction of sp³-hybridized carbons (Fsp3) is 0.625. The summed E-state index contributed by atoms with van der Waals surface area (Å²) in [4.78, 5) is 13.6. The standard InChI is InChI=1S/C8H12N4OS/c1-5-6(9)2-3-12(5)8(13)7-4-14-11-10-7/h4-6H,2-3,9H2,1H3. The average molecular weight is 212 g/mol. The topological polar surface area (TPSA) is 72.1 Å². The molecule has 76 valence electrons.